The molecule has 3 nitrogen and oxygen atoms in total. The van der Waals surface area contributed by atoms with Crippen molar-refractivity contribution in [1.82, 2.24) is 13.5 Å². The third-order valence-corrected chi connectivity index (χ3v) is 12.4. The fourth-order valence-corrected chi connectivity index (χ4v) is 9.98. The number of pyridine rings is 1. The van der Waals surface area contributed by atoms with Gasteiger partial charge in [-0.15, -0.1) is 0 Å². The molecule has 0 aliphatic rings. The number of rotatable bonds is 3. The van der Waals surface area contributed by atoms with Crippen molar-refractivity contribution in [2.75, 3.05) is 0 Å². The normalized spacial score (nSPS) is 12.2. The Morgan fingerprint density at radius 2 is 0.877 bits per heavy atom. The molecule has 0 bridgehead atoms. The van der Waals surface area contributed by atoms with Gasteiger partial charge in [-0.1, -0.05) is 152 Å². The van der Waals surface area contributed by atoms with Crippen molar-refractivity contribution < 1.29 is 0 Å². The number of hydrogen-bond acceptors (Lipinski definition) is 0. The van der Waals surface area contributed by atoms with Crippen LogP contribution in [0.15, 0.2) is 200 Å². The molecular formula is C54H33N3. The van der Waals surface area contributed by atoms with Gasteiger partial charge in [0.05, 0.1) is 44.3 Å². The zero-order valence-electron chi connectivity index (χ0n) is 30.9. The highest BCUT2D eigenvalue weighted by molar-refractivity contribution is 6.23. The van der Waals surface area contributed by atoms with E-state index in [1.54, 1.807) is 0 Å². The van der Waals surface area contributed by atoms with Gasteiger partial charge in [-0.3, -0.25) is 0 Å². The molecule has 0 saturated heterocycles. The Labute approximate surface area is 327 Å². The lowest BCUT2D eigenvalue weighted by molar-refractivity contribution is 1.18. The monoisotopic (exact) mass is 723 g/mol. The molecule has 4 heterocycles. The maximum absolute atomic E-state index is 2.54. The number of fused-ring (bicyclic) bond motifs is 16. The first kappa shape index (κ1) is 30.7. The van der Waals surface area contributed by atoms with Crippen LogP contribution in [0.4, 0.5) is 0 Å². The topological polar surface area (TPSA) is 14.3 Å². The number of benzene rings is 9. The molecule has 0 amide bonds. The zero-order chi connectivity index (χ0) is 37.2. The Kier molecular flexibility index (Phi) is 6.16. The summed E-state index contributed by atoms with van der Waals surface area (Å²) in [7, 11) is 0. The molecule has 9 aromatic carbocycles. The SMILES string of the molecule is c1ccc(-c2ccc3c(-n4c5ccccc5c5cc(-n6c7ccccc7c7c8ccccc8ccc76)ccc54)c4c5ccccc5c5ccccc5n4c3c2)cc1. The number of aromatic nitrogens is 3. The van der Waals surface area contributed by atoms with Gasteiger partial charge in [0.2, 0.25) is 0 Å². The molecule has 13 rings (SSSR count). The van der Waals surface area contributed by atoms with E-state index in [9.17, 15) is 0 Å². The van der Waals surface area contributed by atoms with Crippen LogP contribution in [-0.4, -0.2) is 13.5 Å². The van der Waals surface area contributed by atoms with E-state index in [4.69, 9.17) is 0 Å². The summed E-state index contributed by atoms with van der Waals surface area (Å²) in [6.07, 6.45) is 0. The van der Waals surface area contributed by atoms with Crippen molar-refractivity contribution in [2.24, 2.45) is 0 Å². The van der Waals surface area contributed by atoms with E-state index < -0.39 is 0 Å². The van der Waals surface area contributed by atoms with E-state index in [2.05, 4.69) is 214 Å². The van der Waals surface area contributed by atoms with Crippen LogP contribution >= 0.6 is 0 Å². The summed E-state index contributed by atoms with van der Waals surface area (Å²) in [6.45, 7) is 0. The molecule has 0 atom stereocenters. The number of hydrogen-bond donors (Lipinski definition) is 0. The highest BCUT2D eigenvalue weighted by Crippen LogP contribution is 2.45. The maximum atomic E-state index is 2.54. The molecule has 0 N–H and O–H groups in total. The first-order valence-corrected chi connectivity index (χ1v) is 19.7. The molecule has 13 aromatic rings. The van der Waals surface area contributed by atoms with E-state index in [1.165, 1.54) is 109 Å². The number of para-hydroxylation sites is 3. The minimum absolute atomic E-state index is 1.16. The van der Waals surface area contributed by atoms with Gasteiger partial charge < -0.3 is 13.5 Å². The molecule has 0 saturated carbocycles. The van der Waals surface area contributed by atoms with Crippen LogP contribution in [0.5, 0.6) is 0 Å². The molecule has 0 aliphatic carbocycles. The standard InChI is InChI=1S/C54H33N3/c1-2-14-34(15-3-1)36-26-29-44-51(32-36)57-46-23-11-8-19-40(46)39-18-6-7-21-42(39)53(57)54(44)56-47-24-12-9-20-41(47)45-33-37(28-31-49(45)56)55-48-25-13-10-22-43(48)52-38-17-5-4-16-35(38)27-30-50(52)55/h1-33H. The van der Waals surface area contributed by atoms with Crippen molar-refractivity contribution >= 4 is 92.5 Å². The molecule has 264 valence electrons. The Bertz CT molecular complexity index is 3800. The van der Waals surface area contributed by atoms with Gasteiger partial charge in [-0.2, -0.15) is 0 Å². The zero-order valence-corrected chi connectivity index (χ0v) is 30.9. The Hall–Kier alpha value is -7.62. The van der Waals surface area contributed by atoms with E-state index in [-0.39, 0.29) is 0 Å². The second-order valence-electron chi connectivity index (χ2n) is 15.3. The molecule has 0 aliphatic heterocycles. The first-order valence-electron chi connectivity index (χ1n) is 19.7. The molecule has 0 radical (unpaired) electrons. The minimum atomic E-state index is 1.16. The van der Waals surface area contributed by atoms with Gasteiger partial charge in [0.15, 0.2) is 0 Å². The third kappa shape index (κ3) is 4.15. The summed E-state index contributed by atoms with van der Waals surface area (Å²) in [5, 5.41) is 12.5. The van der Waals surface area contributed by atoms with Gasteiger partial charge in [0, 0.05) is 43.4 Å². The molecule has 0 fully saturated rings. The van der Waals surface area contributed by atoms with E-state index in [0.717, 1.165) is 5.69 Å². The summed E-state index contributed by atoms with van der Waals surface area (Å²) in [5.74, 6) is 0. The van der Waals surface area contributed by atoms with Crippen molar-refractivity contribution in [3.63, 3.8) is 0 Å². The smallest absolute Gasteiger partial charge is 0.0803 e. The minimum Gasteiger partial charge on any atom is -0.309 e. The largest absolute Gasteiger partial charge is 0.309 e. The van der Waals surface area contributed by atoms with Crippen molar-refractivity contribution in [3.8, 4) is 22.5 Å². The number of nitrogens with zero attached hydrogens (tertiary/aromatic N) is 3. The first-order chi connectivity index (χ1) is 28.3. The van der Waals surface area contributed by atoms with Crippen LogP contribution < -0.4 is 0 Å². The fraction of sp³-hybridized carbons (Fsp3) is 0. The van der Waals surface area contributed by atoms with E-state index in [1.807, 2.05) is 0 Å². The summed E-state index contributed by atoms with van der Waals surface area (Å²) < 4.78 is 7.51. The Morgan fingerprint density at radius 1 is 0.281 bits per heavy atom. The van der Waals surface area contributed by atoms with Crippen molar-refractivity contribution in [2.45, 2.75) is 0 Å². The second-order valence-corrected chi connectivity index (χ2v) is 15.3. The van der Waals surface area contributed by atoms with Crippen LogP contribution in [0, 0.1) is 0 Å². The summed E-state index contributed by atoms with van der Waals surface area (Å²) >= 11 is 0. The summed E-state index contributed by atoms with van der Waals surface area (Å²) in [4.78, 5) is 0. The predicted octanol–water partition coefficient (Wildman–Crippen LogP) is 14.4. The molecule has 0 unspecified atom stereocenters. The predicted molar refractivity (Wildman–Crippen MR) is 242 cm³/mol. The van der Waals surface area contributed by atoms with E-state index in [0.29, 0.717) is 0 Å². The highest BCUT2D eigenvalue weighted by atomic mass is 15.0. The fourth-order valence-electron chi connectivity index (χ4n) is 9.98. The molecular weight excluding hydrogens is 691 g/mol. The van der Waals surface area contributed by atoms with Crippen molar-refractivity contribution in [3.05, 3.63) is 200 Å². The quantitative estimate of drug-likeness (QED) is 0.161. The van der Waals surface area contributed by atoms with Gasteiger partial charge in [0.1, 0.15) is 0 Å². The average molecular weight is 724 g/mol. The molecule has 4 aromatic heterocycles. The highest BCUT2D eigenvalue weighted by Gasteiger charge is 2.24. The van der Waals surface area contributed by atoms with Gasteiger partial charge in [-0.05, 0) is 75.8 Å². The lowest BCUT2D eigenvalue weighted by Gasteiger charge is -2.13. The van der Waals surface area contributed by atoms with Gasteiger partial charge in [0.25, 0.3) is 0 Å². The maximum Gasteiger partial charge on any atom is 0.0803 e. The van der Waals surface area contributed by atoms with Crippen LogP contribution in [0.2, 0.25) is 0 Å². The van der Waals surface area contributed by atoms with E-state index >= 15 is 0 Å². The Morgan fingerprint density at radius 3 is 1.68 bits per heavy atom. The molecule has 0 spiro atoms. The van der Waals surface area contributed by atoms with Crippen LogP contribution in [0.1, 0.15) is 0 Å². The summed E-state index contributed by atoms with van der Waals surface area (Å²) in [5.41, 5.74) is 13.2. The van der Waals surface area contributed by atoms with Gasteiger partial charge in [-0.25, -0.2) is 0 Å². The van der Waals surface area contributed by atoms with Crippen LogP contribution in [-0.2, 0) is 0 Å². The Balaban J connectivity index is 1.17. The molecule has 3 heteroatoms. The van der Waals surface area contributed by atoms with Crippen molar-refractivity contribution in [1.29, 1.82) is 0 Å². The second kappa shape index (κ2) is 11.5. The molecule has 57 heavy (non-hydrogen) atoms. The van der Waals surface area contributed by atoms with Crippen LogP contribution in [0.3, 0.4) is 0 Å². The lowest BCUT2D eigenvalue weighted by atomic mass is 10.0. The van der Waals surface area contributed by atoms with Crippen LogP contribution in [0.25, 0.3) is 115 Å². The summed E-state index contributed by atoms with van der Waals surface area (Å²) in [6, 6.07) is 73.7. The third-order valence-electron chi connectivity index (χ3n) is 12.4. The van der Waals surface area contributed by atoms with Gasteiger partial charge >= 0.3 is 0 Å². The lowest BCUT2D eigenvalue weighted by Crippen LogP contribution is -1.97. The average Bonchev–Trinajstić information content (AvgIpc) is 3.92.